The molecule has 0 aromatic rings. The summed E-state index contributed by atoms with van der Waals surface area (Å²) in [6.07, 6.45) is -2.95. The van der Waals surface area contributed by atoms with Crippen molar-refractivity contribution in [1.82, 2.24) is 5.32 Å². The zero-order valence-corrected chi connectivity index (χ0v) is 10.3. The molecule has 5 atom stereocenters. The Balaban J connectivity index is 2.72. The topological polar surface area (TPSA) is 82.0 Å². The number of hydrogen-bond donors (Lipinski definition) is 4. The van der Waals surface area contributed by atoms with Crippen molar-refractivity contribution in [3.05, 3.63) is 0 Å². The Hall–Kier alpha value is -0.200. The van der Waals surface area contributed by atoms with E-state index >= 15 is 0 Å². The van der Waals surface area contributed by atoms with Crippen LogP contribution in [0.3, 0.4) is 0 Å². The van der Waals surface area contributed by atoms with Crippen LogP contribution in [0.4, 0.5) is 0 Å². The Morgan fingerprint density at radius 1 is 1.19 bits per heavy atom. The average molecular weight is 233 g/mol. The standard InChI is InChI=1S/C11H23NO4/c1-6-8(12-11(2,3)4)10(15)9(14)7(5-13)16-6/h6-10,12-15H,5H2,1-4H3/t6?,7?,8?,9-,10-/m1/s1. The molecule has 0 amide bonds. The number of aliphatic hydroxyl groups excluding tert-OH is 3. The molecule has 5 nitrogen and oxygen atoms in total. The first-order valence-corrected chi connectivity index (χ1v) is 5.66. The van der Waals surface area contributed by atoms with Crippen molar-refractivity contribution >= 4 is 0 Å². The second-order valence-corrected chi connectivity index (χ2v) is 5.46. The largest absolute Gasteiger partial charge is 0.394 e. The second-order valence-electron chi connectivity index (χ2n) is 5.46. The van der Waals surface area contributed by atoms with Crippen LogP contribution in [0.25, 0.3) is 0 Å². The van der Waals surface area contributed by atoms with Crippen molar-refractivity contribution in [1.29, 1.82) is 0 Å². The molecule has 0 radical (unpaired) electrons. The normalized spacial score (nSPS) is 41.1. The highest BCUT2D eigenvalue weighted by molar-refractivity contribution is 4.96. The van der Waals surface area contributed by atoms with Gasteiger partial charge in [0.25, 0.3) is 0 Å². The van der Waals surface area contributed by atoms with Gasteiger partial charge in [0.1, 0.15) is 18.3 Å². The van der Waals surface area contributed by atoms with Crippen molar-refractivity contribution < 1.29 is 20.1 Å². The summed E-state index contributed by atoms with van der Waals surface area (Å²) in [7, 11) is 0. The Morgan fingerprint density at radius 3 is 2.19 bits per heavy atom. The molecule has 16 heavy (non-hydrogen) atoms. The van der Waals surface area contributed by atoms with E-state index in [4.69, 9.17) is 9.84 Å². The maximum atomic E-state index is 9.97. The summed E-state index contributed by atoms with van der Waals surface area (Å²) >= 11 is 0. The van der Waals surface area contributed by atoms with Gasteiger partial charge in [0, 0.05) is 5.54 Å². The van der Waals surface area contributed by atoms with Gasteiger partial charge in [-0.15, -0.1) is 0 Å². The number of ether oxygens (including phenoxy) is 1. The molecular weight excluding hydrogens is 210 g/mol. The minimum absolute atomic E-state index is 0.172. The number of hydrogen-bond acceptors (Lipinski definition) is 5. The fourth-order valence-electron chi connectivity index (χ4n) is 2.00. The molecule has 0 aromatic heterocycles. The third-order valence-corrected chi connectivity index (χ3v) is 2.77. The first-order chi connectivity index (χ1) is 7.26. The molecule has 0 saturated carbocycles. The van der Waals surface area contributed by atoms with E-state index in [2.05, 4.69) is 5.32 Å². The molecule has 96 valence electrons. The van der Waals surface area contributed by atoms with Crippen molar-refractivity contribution in [2.75, 3.05) is 6.61 Å². The average Bonchev–Trinajstić information content (AvgIpc) is 2.17. The van der Waals surface area contributed by atoms with Gasteiger partial charge in [0.15, 0.2) is 0 Å². The van der Waals surface area contributed by atoms with E-state index in [0.717, 1.165) is 0 Å². The van der Waals surface area contributed by atoms with Crippen LogP contribution in [-0.2, 0) is 4.74 Å². The first kappa shape index (κ1) is 13.9. The summed E-state index contributed by atoms with van der Waals surface area (Å²) in [5.74, 6) is 0. The number of rotatable bonds is 2. The predicted octanol–water partition coefficient (Wildman–Crippen LogP) is -0.755. The van der Waals surface area contributed by atoms with E-state index in [1.807, 2.05) is 27.7 Å². The Kier molecular flexibility index (Phi) is 4.31. The summed E-state index contributed by atoms with van der Waals surface area (Å²) in [5.41, 5.74) is -0.172. The van der Waals surface area contributed by atoms with Crippen LogP contribution in [0.5, 0.6) is 0 Å². The maximum Gasteiger partial charge on any atom is 0.110 e. The summed E-state index contributed by atoms with van der Waals surface area (Å²) in [6, 6.07) is -0.335. The quantitative estimate of drug-likeness (QED) is 0.504. The minimum atomic E-state index is -1.05. The molecule has 0 bridgehead atoms. The summed E-state index contributed by atoms with van der Waals surface area (Å²) in [5, 5.41) is 31.9. The Morgan fingerprint density at radius 2 is 1.75 bits per heavy atom. The lowest BCUT2D eigenvalue weighted by Gasteiger charge is -2.44. The Labute approximate surface area is 96.4 Å². The lowest BCUT2D eigenvalue weighted by molar-refractivity contribution is -0.192. The van der Waals surface area contributed by atoms with Gasteiger partial charge in [-0.2, -0.15) is 0 Å². The van der Waals surface area contributed by atoms with Crippen molar-refractivity contribution in [2.24, 2.45) is 0 Å². The van der Waals surface area contributed by atoms with Crippen LogP contribution >= 0.6 is 0 Å². The Bertz CT molecular complexity index is 229. The molecule has 1 saturated heterocycles. The van der Waals surface area contributed by atoms with Crippen LogP contribution in [0.15, 0.2) is 0 Å². The van der Waals surface area contributed by atoms with Crippen LogP contribution < -0.4 is 5.32 Å². The molecule has 0 aromatic carbocycles. The van der Waals surface area contributed by atoms with E-state index in [-0.39, 0.29) is 24.3 Å². The van der Waals surface area contributed by atoms with Crippen LogP contribution in [-0.4, -0.2) is 57.9 Å². The van der Waals surface area contributed by atoms with Gasteiger partial charge in [-0.05, 0) is 27.7 Å². The molecule has 1 rings (SSSR count). The monoisotopic (exact) mass is 233 g/mol. The molecule has 0 aliphatic carbocycles. The van der Waals surface area contributed by atoms with Gasteiger partial charge in [0.2, 0.25) is 0 Å². The zero-order chi connectivity index (χ0) is 12.5. The van der Waals surface area contributed by atoms with Crippen LogP contribution in [0.2, 0.25) is 0 Å². The smallest absolute Gasteiger partial charge is 0.110 e. The molecule has 1 fully saturated rings. The molecule has 0 spiro atoms. The van der Waals surface area contributed by atoms with Gasteiger partial charge in [-0.3, -0.25) is 0 Å². The summed E-state index contributed by atoms with van der Waals surface area (Å²) in [4.78, 5) is 0. The highest BCUT2D eigenvalue weighted by Gasteiger charge is 2.43. The van der Waals surface area contributed by atoms with E-state index in [1.54, 1.807) is 0 Å². The van der Waals surface area contributed by atoms with Crippen molar-refractivity contribution in [2.45, 2.75) is 63.7 Å². The van der Waals surface area contributed by atoms with Gasteiger partial charge < -0.3 is 25.4 Å². The molecule has 1 aliphatic rings. The lowest BCUT2D eigenvalue weighted by Crippen LogP contribution is -2.65. The molecule has 1 aliphatic heterocycles. The fraction of sp³-hybridized carbons (Fsp3) is 1.00. The number of aliphatic hydroxyl groups is 3. The van der Waals surface area contributed by atoms with Crippen molar-refractivity contribution in [3.63, 3.8) is 0 Å². The maximum absolute atomic E-state index is 9.97. The van der Waals surface area contributed by atoms with E-state index < -0.39 is 18.3 Å². The lowest BCUT2D eigenvalue weighted by atomic mass is 9.91. The molecule has 1 heterocycles. The van der Waals surface area contributed by atoms with Gasteiger partial charge >= 0.3 is 0 Å². The summed E-state index contributed by atoms with van der Waals surface area (Å²) < 4.78 is 5.45. The molecule has 4 N–H and O–H groups in total. The molecule has 3 unspecified atom stereocenters. The zero-order valence-electron chi connectivity index (χ0n) is 10.3. The van der Waals surface area contributed by atoms with Crippen molar-refractivity contribution in [3.8, 4) is 0 Å². The highest BCUT2D eigenvalue weighted by atomic mass is 16.5. The second kappa shape index (κ2) is 4.98. The summed E-state index contributed by atoms with van der Waals surface area (Å²) in [6.45, 7) is 7.48. The third kappa shape index (κ3) is 3.15. The SMILES string of the molecule is CC1OC(CO)[C@@H](O)[C@H](O)C1NC(C)(C)C. The molecule has 5 heteroatoms. The number of nitrogens with one attached hydrogen (secondary N) is 1. The minimum Gasteiger partial charge on any atom is -0.394 e. The van der Waals surface area contributed by atoms with Gasteiger partial charge in [-0.25, -0.2) is 0 Å². The van der Waals surface area contributed by atoms with Crippen LogP contribution in [0, 0.1) is 0 Å². The molecular formula is C11H23NO4. The third-order valence-electron chi connectivity index (χ3n) is 2.77. The van der Waals surface area contributed by atoms with Gasteiger partial charge in [0.05, 0.1) is 18.8 Å². The van der Waals surface area contributed by atoms with E-state index in [1.165, 1.54) is 0 Å². The highest BCUT2D eigenvalue weighted by Crippen LogP contribution is 2.22. The predicted molar refractivity (Wildman–Crippen MR) is 60.1 cm³/mol. The van der Waals surface area contributed by atoms with Gasteiger partial charge in [-0.1, -0.05) is 0 Å². The van der Waals surface area contributed by atoms with E-state index in [9.17, 15) is 10.2 Å². The fourth-order valence-corrected chi connectivity index (χ4v) is 2.00. The van der Waals surface area contributed by atoms with Crippen LogP contribution in [0.1, 0.15) is 27.7 Å². The first-order valence-electron chi connectivity index (χ1n) is 5.66. The van der Waals surface area contributed by atoms with E-state index in [0.29, 0.717) is 0 Å².